The lowest BCUT2D eigenvalue weighted by Crippen LogP contribution is -2.40. The standard InChI is InChI=1S/C7H9F5OS/c8-6(9,7(10,11)12)5-13-3-1-2-4-14/h1-2,14H,3-5H2. The first-order valence-corrected chi connectivity index (χ1v) is 4.22. The molecule has 0 aromatic rings. The van der Waals surface area contributed by atoms with Crippen LogP contribution in [0.1, 0.15) is 0 Å². The van der Waals surface area contributed by atoms with Crippen LogP contribution in [0.15, 0.2) is 12.2 Å². The summed E-state index contributed by atoms with van der Waals surface area (Å²) in [6, 6.07) is 0. The molecule has 0 N–H and O–H groups in total. The van der Waals surface area contributed by atoms with E-state index in [2.05, 4.69) is 17.4 Å². The number of alkyl halides is 5. The predicted octanol–water partition coefficient (Wildman–Crippen LogP) is 2.69. The van der Waals surface area contributed by atoms with Gasteiger partial charge in [-0.3, -0.25) is 0 Å². The van der Waals surface area contributed by atoms with E-state index in [0.29, 0.717) is 5.75 Å². The molecule has 1 nitrogen and oxygen atoms in total. The second-order valence-electron chi connectivity index (χ2n) is 2.37. The van der Waals surface area contributed by atoms with Crippen molar-refractivity contribution in [2.24, 2.45) is 0 Å². The maximum Gasteiger partial charge on any atom is 0.455 e. The van der Waals surface area contributed by atoms with Crippen LogP contribution in [0, 0.1) is 0 Å². The van der Waals surface area contributed by atoms with Gasteiger partial charge < -0.3 is 4.74 Å². The van der Waals surface area contributed by atoms with Crippen molar-refractivity contribution in [3.05, 3.63) is 12.2 Å². The van der Waals surface area contributed by atoms with Gasteiger partial charge in [-0.15, -0.1) is 0 Å². The molecule has 0 aromatic carbocycles. The summed E-state index contributed by atoms with van der Waals surface area (Å²) in [7, 11) is 0. The lowest BCUT2D eigenvalue weighted by atomic mass is 10.3. The second kappa shape index (κ2) is 5.55. The monoisotopic (exact) mass is 236 g/mol. The van der Waals surface area contributed by atoms with E-state index in [-0.39, 0.29) is 6.61 Å². The van der Waals surface area contributed by atoms with Gasteiger partial charge in [0, 0.05) is 5.75 Å². The molecule has 0 radical (unpaired) electrons. The molecule has 0 heterocycles. The zero-order chi connectivity index (χ0) is 11.2. The van der Waals surface area contributed by atoms with Crippen molar-refractivity contribution < 1.29 is 26.7 Å². The molecule has 0 saturated carbocycles. The van der Waals surface area contributed by atoms with Gasteiger partial charge in [0.1, 0.15) is 6.61 Å². The van der Waals surface area contributed by atoms with Crippen LogP contribution < -0.4 is 0 Å². The minimum atomic E-state index is -5.56. The summed E-state index contributed by atoms with van der Waals surface area (Å²) >= 11 is 3.76. The van der Waals surface area contributed by atoms with E-state index in [9.17, 15) is 22.0 Å². The predicted molar refractivity (Wildman–Crippen MR) is 44.8 cm³/mol. The second-order valence-corrected chi connectivity index (χ2v) is 2.74. The van der Waals surface area contributed by atoms with Gasteiger partial charge in [-0.1, -0.05) is 12.2 Å². The van der Waals surface area contributed by atoms with Crippen molar-refractivity contribution in [1.82, 2.24) is 0 Å². The fourth-order valence-electron chi connectivity index (χ4n) is 0.480. The normalized spacial score (nSPS) is 13.9. The van der Waals surface area contributed by atoms with E-state index in [1.54, 1.807) is 0 Å². The number of thiol groups is 1. The Balaban J connectivity index is 3.83. The molecule has 0 aliphatic rings. The molecule has 0 saturated heterocycles. The first-order valence-electron chi connectivity index (χ1n) is 3.59. The van der Waals surface area contributed by atoms with Gasteiger partial charge >= 0.3 is 12.1 Å². The molecule has 0 aliphatic heterocycles. The Morgan fingerprint density at radius 1 is 1.07 bits per heavy atom. The molecule has 84 valence electrons. The third-order valence-corrected chi connectivity index (χ3v) is 1.40. The van der Waals surface area contributed by atoms with Crippen molar-refractivity contribution in [1.29, 1.82) is 0 Å². The minimum Gasteiger partial charge on any atom is -0.371 e. The van der Waals surface area contributed by atoms with E-state index >= 15 is 0 Å². The average molecular weight is 236 g/mol. The molecule has 0 rings (SSSR count). The first kappa shape index (κ1) is 13.7. The summed E-state index contributed by atoms with van der Waals surface area (Å²) in [5.74, 6) is -4.42. The lowest BCUT2D eigenvalue weighted by molar-refractivity contribution is -0.295. The number of halogens is 5. The fourth-order valence-corrected chi connectivity index (χ4v) is 0.629. The van der Waals surface area contributed by atoms with Crippen LogP contribution in [0.25, 0.3) is 0 Å². The summed E-state index contributed by atoms with van der Waals surface area (Å²) in [5.41, 5.74) is 0. The summed E-state index contributed by atoms with van der Waals surface area (Å²) in [4.78, 5) is 0. The highest BCUT2D eigenvalue weighted by molar-refractivity contribution is 7.80. The quantitative estimate of drug-likeness (QED) is 0.334. The highest BCUT2D eigenvalue weighted by Crippen LogP contribution is 2.35. The zero-order valence-electron chi connectivity index (χ0n) is 7.02. The van der Waals surface area contributed by atoms with E-state index in [1.807, 2.05) is 0 Å². The van der Waals surface area contributed by atoms with Gasteiger partial charge in [-0.25, -0.2) is 0 Å². The first-order chi connectivity index (χ1) is 6.31. The van der Waals surface area contributed by atoms with E-state index in [1.165, 1.54) is 12.2 Å². The van der Waals surface area contributed by atoms with Gasteiger partial charge in [0.2, 0.25) is 0 Å². The molecular weight excluding hydrogens is 227 g/mol. The van der Waals surface area contributed by atoms with Crippen LogP contribution in [0.2, 0.25) is 0 Å². The Hall–Kier alpha value is -0.300. The largest absolute Gasteiger partial charge is 0.455 e. The Bertz CT molecular complexity index is 189. The smallest absolute Gasteiger partial charge is 0.371 e. The number of ether oxygens (including phenoxy) is 1. The summed E-state index contributed by atoms with van der Waals surface area (Å²) in [6.45, 7) is -1.94. The molecule has 7 heteroatoms. The minimum absolute atomic E-state index is 0.285. The fraction of sp³-hybridized carbons (Fsp3) is 0.714. The highest BCUT2D eigenvalue weighted by Gasteiger charge is 2.57. The number of rotatable bonds is 5. The van der Waals surface area contributed by atoms with Crippen LogP contribution in [-0.4, -0.2) is 31.1 Å². The lowest BCUT2D eigenvalue weighted by Gasteiger charge is -2.18. The van der Waals surface area contributed by atoms with E-state index in [4.69, 9.17) is 0 Å². The van der Waals surface area contributed by atoms with Gasteiger partial charge in [0.25, 0.3) is 0 Å². The number of hydrogen-bond donors (Lipinski definition) is 1. The molecular formula is C7H9F5OS. The maximum absolute atomic E-state index is 12.2. The summed E-state index contributed by atoms with van der Waals surface area (Å²) in [5, 5.41) is 0. The third-order valence-electron chi connectivity index (χ3n) is 1.18. The van der Waals surface area contributed by atoms with Crippen molar-refractivity contribution in [3.8, 4) is 0 Å². The third kappa shape index (κ3) is 4.80. The van der Waals surface area contributed by atoms with Gasteiger partial charge in [-0.05, 0) is 0 Å². The Morgan fingerprint density at radius 2 is 1.64 bits per heavy atom. The molecule has 0 bridgehead atoms. The molecule has 0 fully saturated rings. The molecule has 0 aliphatic carbocycles. The van der Waals surface area contributed by atoms with Crippen LogP contribution in [0.4, 0.5) is 22.0 Å². The Labute approximate surface area is 83.3 Å². The molecule has 0 unspecified atom stereocenters. The van der Waals surface area contributed by atoms with Gasteiger partial charge in [-0.2, -0.15) is 34.6 Å². The molecule has 0 spiro atoms. The van der Waals surface area contributed by atoms with Crippen molar-refractivity contribution in [2.45, 2.75) is 12.1 Å². The van der Waals surface area contributed by atoms with Crippen LogP contribution in [-0.2, 0) is 4.74 Å². The molecule has 14 heavy (non-hydrogen) atoms. The molecule has 0 amide bonds. The molecule has 0 atom stereocenters. The van der Waals surface area contributed by atoms with E-state index in [0.717, 1.165) is 0 Å². The van der Waals surface area contributed by atoms with Crippen LogP contribution in [0.3, 0.4) is 0 Å². The van der Waals surface area contributed by atoms with Crippen molar-refractivity contribution in [3.63, 3.8) is 0 Å². The number of hydrogen-bond acceptors (Lipinski definition) is 2. The highest BCUT2D eigenvalue weighted by atomic mass is 32.1. The molecule has 0 aromatic heterocycles. The summed E-state index contributed by atoms with van der Waals surface area (Å²) in [6.07, 6.45) is -2.76. The van der Waals surface area contributed by atoms with Gasteiger partial charge in [0.15, 0.2) is 0 Å². The Kier molecular flexibility index (Phi) is 5.43. The van der Waals surface area contributed by atoms with Crippen molar-refractivity contribution in [2.75, 3.05) is 19.0 Å². The van der Waals surface area contributed by atoms with E-state index < -0.39 is 18.7 Å². The SMILES string of the molecule is FC(F)(F)C(F)(F)COCC=CCS. The van der Waals surface area contributed by atoms with Crippen molar-refractivity contribution >= 4 is 12.6 Å². The average Bonchev–Trinajstić information content (AvgIpc) is 2.02. The van der Waals surface area contributed by atoms with Crippen LogP contribution in [0.5, 0.6) is 0 Å². The topological polar surface area (TPSA) is 9.23 Å². The van der Waals surface area contributed by atoms with Gasteiger partial charge in [0.05, 0.1) is 6.61 Å². The van der Waals surface area contributed by atoms with Crippen LogP contribution >= 0.6 is 12.6 Å². The maximum atomic E-state index is 12.2. The Morgan fingerprint density at radius 3 is 2.07 bits per heavy atom. The summed E-state index contributed by atoms with van der Waals surface area (Å²) < 4.78 is 63.1. The zero-order valence-corrected chi connectivity index (χ0v) is 7.92.